The molecule has 0 bridgehead atoms. The first-order valence-corrected chi connectivity index (χ1v) is 7.73. The molecule has 0 radical (unpaired) electrons. The topological polar surface area (TPSA) is 57.3 Å². The van der Waals surface area contributed by atoms with Crippen molar-refractivity contribution in [1.82, 2.24) is 9.88 Å². The van der Waals surface area contributed by atoms with Gasteiger partial charge in [-0.15, -0.1) is 0 Å². The van der Waals surface area contributed by atoms with Gasteiger partial charge < -0.3 is 15.5 Å². The third kappa shape index (κ3) is 4.27. The number of alkyl halides is 3. The van der Waals surface area contributed by atoms with E-state index in [1.807, 2.05) is 13.1 Å². The number of carbonyl (C=O) groups excluding carboxylic acids is 1. The average Bonchev–Trinajstić information content (AvgIpc) is 2.54. The maximum Gasteiger partial charge on any atom is 0.416 e. The van der Waals surface area contributed by atoms with Crippen LogP contribution in [0.5, 0.6) is 0 Å². The molecule has 0 atom stereocenters. The van der Waals surface area contributed by atoms with Gasteiger partial charge in [0.05, 0.1) is 17.4 Å². The van der Waals surface area contributed by atoms with Gasteiger partial charge in [0.1, 0.15) is 0 Å². The molecule has 0 aliphatic carbocycles. The van der Waals surface area contributed by atoms with E-state index in [0.29, 0.717) is 5.69 Å². The number of nitrogens with one attached hydrogen (secondary N) is 2. The molecule has 2 N–H and O–H groups in total. The molecule has 3 rings (SSSR count). The molecule has 8 heteroatoms. The highest BCUT2D eigenvalue weighted by molar-refractivity contribution is 5.99. The zero-order chi connectivity index (χ0) is 18.0. The lowest BCUT2D eigenvalue weighted by atomic mass is 10.1. The lowest BCUT2D eigenvalue weighted by Gasteiger charge is -2.24. The Hall–Kier alpha value is -2.61. The molecule has 0 spiro atoms. The number of rotatable bonds is 2. The Bertz CT molecular complexity index is 774. The predicted octanol–water partition coefficient (Wildman–Crippen LogP) is 3.73. The number of amides is 2. The smallest absolute Gasteiger partial charge is 0.308 e. The van der Waals surface area contributed by atoms with Crippen molar-refractivity contribution in [2.45, 2.75) is 19.1 Å². The number of benzene rings is 1. The summed E-state index contributed by atoms with van der Waals surface area (Å²) in [6, 6.07) is 5.60. The van der Waals surface area contributed by atoms with Gasteiger partial charge in [0.25, 0.3) is 0 Å². The molecule has 0 saturated heterocycles. The van der Waals surface area contributed by atoms with E-state index in [-0.39, 0.29) is 5.69 Å². The molecule has 1 aromatic heterocycles. The summed E-state index contributed by atoms with van der Waals surface area (Å²) >= 11 is 0. The highest BCUT2D eigenvalue weighted by atomic mass is 19.4. The van der Waals surface area contributed by atoms with Gasteiger partial charge in [0, 0.05) is 30.9 Å². The molecule has 1 aromatic carbocycles. The van der Waals surface area contributed by atoms with Crippen LogP contribution >= 0.6 is 0 Å². The Balaban J connectivity index is 1.64. The minimum atomic E-state index is -4.40. The summed E-state index contributed by atoms with van der Waals surface area (Å²) < 4.78 is 37.6. The molecule has 5 nitrogen and oxygen atoms in total. The van der Waals surface area contributed by atoms with Crippen LogP contribution in [0.2, 0.25) is 0 Å². The summed E-state index contributed by atoms with van der Waals surface area (Å²) in [5.74, 6) is 0. The number of anilines is 2. The van der Waals surface area contributed by atoms with Crippen molar-refractivity contribution < 1.29 is 18.0 Å². The number of carbonyl (C=O) groups is 1. The molecule has 2 aromatic rings. The van der Waals surface area contributed by atoms with E-state index in [1.165, 1.54) is 12.1 Å². The third-order valence-corrected chi connectivity index (χ3v) is 3.96. The third-order valence-electron chi connectivity index (χ3n) is 3.96. The second-order valence-electron chi connectivity index (χ2n) is 5.97. The van der Waals surface area contributed by atoms with Crippen LogP contribution in [0.15, 0.2) is 36.5 Å². The summed E-state index contributed by atoms with van der Waals surface area (Å²) in [6.07, 6.45) is -1.96. The summed E-state index contributed by atoms with van der Waals surface area (Å²) in [7, 11) is 2.01. The van der Waals surface area contributed by atoms with Gasteiger partial charge in [0.2, 0.25) is 0 Å². The van der Waals surface area contributed by atoms with E-state index >= 15 is 0 Å². The van der Waals surface area contributed by atoms with Crippen LogP contribution in [0.25, 0.3) is 0 Å². The number of nitrogens with zero attached hydrogens (tertiary/aromatic N) is 2. The molecule has 2 amide bonds. The van der Waals surface area contributed by atoms with E-state index in [0.717, 1.165) is 42.9 Å². The highest BCUT2D eigenvalue weighted by Gasteiger charge is 2.30. The van der Waals surface area contributed by atoms with E-state index in [9.17, 15) is 18.0 Å². The number of likely N-dealkylation sites (N-methyl/N-ethyl adjacent to an activating group) is 1. The number of fused-ring (bicyclic) bond motifs is 1. The Morgan fingerprint density at radius 2 is 1.84 bits per heavy atom. The quantitative estimate of drug-likeness (QED) is 0.868. The van der Waals surface area contributed by atoms with E-state index in [2.05, 4.69) is 20.5 Å². The second-order valence-corrected chi connectivity index (χ2v) is 5.97. The maximum atomic E-state index is 12.5. The summed E-state index contributed by atoms with van der Waals surface area (Å²) in [5, 5.41) is 5.15. The fourth-order valence-electron chi connectivity index (χ4n) is 2.67. The Kier molecular flexibility index (Phi) is 4.63. The lowest BCUT2D eigenvalue weighted by Crippen LogP contribution is -2.27. The van der Waals surface area contributed by atoms with Crippen molar-refractivity contribution in [1.29, 1.82) is 0 Å². The van der Waals surface area contributed by atoms with Crippen LogP contribution in [0.1, 0.15) is 16.8 Å². The number of urea groups is 1. The maximum absolute atomic E-state index is 12.5. The van der Waals surface area contributed by atoms with Gasteiger partial charge in [-0.2, -0.15) is 13.2 Å². The minimum absolute atomic E-state index is 0.274. The fraction of sp³-hybridized carbons (Fsp3) is 0.294. The molecular weight excluding hydrogens is 333 g/mol. The van der Waals surface area contributed by atoms with Crippen molar-refractivity contribution in [3.63, 3.8) is 0 Å². The Labute approximate surface area is 142 Å². The van der Waals surface area contributed by atoms with Crippen LogP contribution in [0.3, 0.4) is 0 Å². The molecule has 0 fully saturated rings. The van der Waals surface area contributed by atoms with Crippen LogP contribution in [0, 0.1) is 0 Å². The fourth-order valence-corrected chi connectivity index (χ4v) is 2.67. The normalized spacial score (nSPS) is 14.7. The lowest BCUT2D eigenvalue weighted by molar-refractivity contribution is -0.137. The van der Waals surface area contributed by atoms with E-state index < -0.39 is 17.8 Å². The minimum Gasteiger partial charge on any atom is -0.308 e. The molecule has 25 heavy (non-hydrogen) atoms. The van der Waals surface area contributed by atoms with Gasteiger partial charge >= 0.3 is 12.2 Å². The van der Waals surface area contributed by atoms with Crippen LogP contribution < -0.4 is 10.6 Å². The van der Waals surface area contributed by atoms with Gasteiger partial charge in [-0.1, -0.05) is 0 Å². The first-order valence-electron chi connectivity index (χ1n) is 7.73. The van der Waals surface area contributed by atoms with E-state index in [1.54, 1.807) is 6.20 Å². The van der Waals surface area contributed by atoms with Crippen molar-refractivity contribution in [2.75, 3.05) is 24.2 Å². The molecule has 2 heterocycles. The van der Waals surface area contributed by atoms with E-state index in [4.69, 9.17) is 0 Å². The molecule has 1 aliphatic heterocycles. The van der Waals surface area contributed by atoms with Crippen LogP contribution in [0.4, 0.5) is 29.3 Å². The zero-order valence-electron chi connectivity index (χ0n) is 13.5. The molecule has 0 unspecified atom stereocenters. The standard InChI is InChI=1S/C17H17F3N4O/c1-24-7-6-15-11(10-24)8-14(9-21-15)23-16(25)22-13-4-2-12(3-5-13)17(18,19)20/h2-5,8-9H,6-7,10H2,1H3,(H2,22,23,25). The van der Waals surface area contributed by atoms with Gasteiger partial charge in [0.15, 0.2) is 0 Å². The number of aromatic nitrogens is 1. The molecule has 1 aliphatic rings. The molecular formula is C17H17F3N4O. The van der Waals surface area contributed by atoms with Crippen LogP contribution in [-0.2, 0) is 19.1 Å². The van der Waals surface area contributed by atoms with Crippen molar-refractivity contribution >= 4 is 17.4 Å². The first kappa shape index (κ1) is 17.2. The Morgan fingerprint density at radius 1 is 1.16 bits per heavy atom. The van der Waals surface area contributed by atoms with Gasteiger partial charge in [-0.05, 0) is 42.9 Å². The number of pyridine rings is 1. The van der Waals surface area contributed by atoms with Crippen LogP contribution in [-0.4, -0.2) is 29.5 Å². The summed E-state index contributed by atoms with van der Waals surface area (Å²) in [5.41, 5.74) is 2.13. The zero-order valence-corrected chi connectivity index (χ0v) is 13.5. The molecule has 132 valence electrons. The average molecular weight is 350 g/mol. The Morgan fingerprint density at radius 3 is 2.52 bits per heavy atom. The summed E-state index contributed by atoms with van der Waals surface area (Å²) in [4.78, 5) is 18.5. The largest absolute Gasteiger partial charge is 0.416 e. The second kappa shape index (κ2) is 6.72. The van der Waals surface area contributed by atoms with Crippen molar-refractivity contribution in [3.05, 3.63) is 53.3 Å². The van der Waals surface area contributed by atoms with Crippen molar-refractivity contribution in [3.8, 4) is 0 Å². The number of hydrogen-bond acceptors (Lipinski definition) is 3. The van der Waals surface area contributed by atoms with Gasteiger partial charge in [-0.25, -0.2) is 4.79 Å². The van der Waals surface area contributed by atoms with Crippen molar-refractivity contribution in [2.24, 2.45) is 0 Å². The molecule has 0 saturated carbocycles. The number of hydrogen-bond donors (Lipinski definition) is 2. The van der Waals surface area contributed by atoms with Gasteiger partial charge in [-0.3, -0.25) is 4.98 Å². The number of halogens is 3. The monoisotopic (exact) mass is 350 g/mol. The first-order chi connectivity index (χ1) is 11.8. The highest BCUT2D eigenvalue weighted by Crippen LogP contribution is 2.29. The predicted molar refractivity (Wildman–Crippen MR) is 88.4 cm³/mol. The summed E-state index contributed by atoms with van der Waals surface area (Å²) in [6.45, 7) is 1.71. The SMILES string of the molecule is CN1CCc2ncc(NC(=O)Nc3ccc(C(F)(F)F)cc3)cc2C1.